The molecule has 0 saturated carbocycles. The highest BCUT2D eigenvalue weighted by Crippen LogP contribution is 2.25. The van der Waals surface area contributed by atoms with Gasteiger partial charge in [-0.25, -0.2) is 0 Å². The molecule has 0 aliphatic heterocycles. The van der Waals surface area contributed by atoms with Crippen LogP contribution in [0.5, 0.6) is 5.75 Å². The molecule has 0 aliphatic carbocycles. The van der Waals surface area contributed by atoms with Crippen molar-refractivity contribution in [3.8, 4) is 5.75 Å². The molecule has 1 heterocycles. The minimum Gasteiger partial charge on any atom is -0.484 e. The minimum absolute atomic E-state index is 0.122. The predicted molar refractivity (Wildman–Crippen MR) is 84.1 cm³/mol. The van der Waals surface area contributed by atoms with Crippen LogP contribution < -0.4 is 10.5 Å². The zero-order valence-electron chi connectivity index (χ0n) is 12.3. The summed E-state index contributed by atoms with van der Waals surface area (Å²) in [7, 11) is 0. The smallest absolute Gasteiger partial charge is 0.253 e. The SMILES string of the molecule is CCc1nnc(COc2ccc(Br)cc2CC(N)CC)o1. The Kier molecular flexibility index (Phi) is 5.76. The molecule has 5 nitrogen and oxygen atoms in total. The van der Waals surface area contributed by atoms with Gasteiger partial charge in [-0.1, -0.05) is 29.8 Å². The molecule has 2 aromatic rings. The number of rotatable bonds is 7. The van der Waals surface area contributed by atoms with Crippen LogP contribution in [0.15, 0.2) is 27.1 Å². The zero-order chi connectivity index (χ0) is 15.2. The average molecular weight is 354 g/mol. The number of ether oxygens (including phenoxy) is 1. The van der Waals surface area contributed by atoms with Crippen LogP contribution in [-0.4, -0.2) is 16.2 Å². The van der Waals surface area contributed by atoms with Crippen molar-refractivity contribution < 1.29 is 9.15 Å². The van der Waals surface area contributed by atoms with Gasteiger partial charge in [-0.05, 0) is 36.6 Å². The fraction of sp³-hybridized carbons (Fsp3) is 0.467. The third-order valence-corrected chi connectivity index (χ3v) is 3.68. The van der Waals surface area contributed by atoms with E-state index in [4.69, 9.17) is 14.9 Å². The molecule has 0 spiro atoms. The quantitative estimate of drug-likeness (QED) is 0.826. The Bertz CT molecular complexity index is 586. The number of hydrogen-bond acceptors (Lipinski definition) is 5. The summed E-state index contributed by atoms with van der Waals surface area (Å²) in [4.78, 5) is 0. The van der Waals surface area contributed by atoms with Gasteiger partial charge >= 0.3 is 0 Å². The lowest BCUT2D eigenvalue weighted by molar-refractivity contribution is 0.256. The maximum absolute atomic E-state index is 6.04. The molecule has 1 aromatic carbocycles. The number of hydrogen-bond donors (Lipinski definition) is 1. The van der Waals surface area contributed by atoms with Crippen molar-refractivity contribution >= 4 is 15.9 Å². The molecule has 0 fully saturated rings. The number of nitrogens with two attached hydrogens (primary N) is 1. The lowest BCUT2D eigenvalue weighted by atomic mass is 10.0. The van der Waals surface area contributed by atoms with Crippen LogP contribution in [0.1, 0.15) is 37.6 Å². The van der Waals surface area contributed by atoms with Crippen molar-refractivity contribution in [3.63, 3.8) is 0 Å². The molecule has 21 heavy (non-hydrogen) atoms. The fourth-order valence-electron chi connectivity index (χ4n) is 1.90. The minimum atomic E-state index is 0.122. The van der Waals surface area contributed by atoms with E-state index in [0.29, 0.717) is 11.8 Å². The standard InChI is InChI=1S/C15H20BrN3O2/c1-3-12(17)8-10-7-11(16)5-6-13(10)20-9-15-19-18-14(4-2)21-15/h5-7,12H,3-4,8-9,17H2,1-2H3. The molecule has 114 valence electrons. The predicted octanol–water partition coefficient (Wildman–Crippen LogP) is 3.25. The summed E-state index contributed by atoms with van der Waals surface area (Å²) >= 11 is 3.48. The van der Waals surface area contributed by atoms with Crippen molar-refractivity contribution in [2.75, 3.05) is 0 Å². The van der Waals surface area contributed by atoms with Crippen molar-refractivity contribution in [1.29, 1.82) is 0 Å². The van der Waals surface area contributed by atoms with Crippen molar-refractivity contribution in [2.24, 2.45) is 5.73 Å². The summed E-state index contributed by atoms with van der Waals surface area (Å²) in [6.07, 6.45) is 2.42. The first-order chi connectivity index (χ1) is 10.1. The van der Waals surface area contributed by atoms with Gasteiger partial charge in [-0.15, -0.1) is 10.2 Å². The first-order valence-electron chi connectivity index (χ1n) is 7.10. The highest BCUT2D eigenvalue weighted by atomic mass is 79.9. The molecule has 0 bridgehead atoms. The molecule has 0 amide bonds. The Hall–Kier alpha value is -1.40. The molecular weight excluding hydrogens is 334 g/mol. The van der Waals surface area contributed by atoms with Gasteiger partial charge in [0.2, 0.25) is 5.89 Å². The Morgan fingerprint density at radius 1 is 1.29 bits per heavy atom. The van der Waals surface area contributed by atoms with Gasteiger partial charge in [0, 0.05) is 16.9 Å². The van der Waals surface area contributed by atoms with Crippen molar-refractivity contribution in [2.45, 2.75) is 45.8 Å². The molecule has 6 heteroatoms. The van der Waals surface area contributed by atoms with Gasteiger partial charge in [-0.3, -0.25) is 0 Å². The maximum atomic E-state index is 6.04. The normalized spacial score (nSPS) is 12.4. The van der Waals surface area contributed by atoms with E-state index >= 15 is 0 Å². The first-order valence-corrected chi connectivity index (χ1v) is 7.89. The summed E-state index contributed by atoms with van der Waals surface area (Å²) in [6, 6.07) is 6.04. The summed E-state index contributed by atoms with van der Waals surface area (Å²) in [5.74, 6) is 1.91. The third kappa shape index (κ3) is 4.54. The number of benzene rings is 1. The summed E-state index contributed by atoms with van der Waals surface area (Å²) < 4.78 is 12.3. The number of aryl methyl sites for hydroxylation is 1. The molecule has 1 atom stereocenters. The van der Waals surface area contributed by atoms with E-state index in [-0.39, 0.29) is 12.6 Å². The second-order valence-electron chi connectivity index (χ2n) is 4.86. The van der Waals surface area contributed by atoms with E-state index in [1.807, 2.05) is 25.1 Å². The Labute approximate surface area is 133 Å². The summed E-state index contributed by atoms with van der Waals surface area (Å²) in [5, 5.41) is 7.87. The van der Waals surface area contributed by atoms with Crippen LogP contribution in [0, 0.1) is 0 Å². The Morgan fingerprint density at radius 2 is 2.05 bits per heavy atom. The van der Waals surface area contributed by atoms with Crippen LogP contribution >= 0.6 is 15.9 Å². The van der Waals surface area contributed by atoms with Gasteiger partial charge in [0.15, 0.2) is 6.61 Å². The largest absolute Gasteiger partial charge is 0.484 e. The van der Waals surface area contributed by atoms with E-state index < -0.39 is 0 Å². The van der Waals surface area contributed by atoms with E-state index in [2.05, 4.69) is 33.1 Å². The molecule has 2 rings (SSSR count). The molecule has 0 radical (unpaired) electrons. The van der Waals surface area contributed by atoms with Crippen LogP contribution in [-0.2, 0) is 19.4 Å². The topological polar surface area (TPSA) is 74.2 Å². The highest BCUT2D eigenvalue weighted by molar-refractivity contribution is 9.10. The van der Waals surface area contributed by atoms with Gasteiger partial charge in [0.1, 0.15) is 5.75 Å². The van der Waals surface area contributed by atoms with Crippen LogP contribution in [0.3, 0.4) is 0 Å². The maximum Gasteiger partial charge on any atom is 0.253 e. The number of halogens is 1. The number of nitrogens with zero attached hydrogens (tertiary/aromatic N) is 2. The molecular formula is C15H20BrN3O2. The molecule has 1 aromatic heterocycles. The van der Waals surface area contributed by atoms with Crippen LogP contribution in [0.4, 0.5) is 0 Å². The third-order valence-electron chi connectivity index (χ3n) is 3.19. The van der Waals surface area contributed by atoms with Crippen LogP contribution in [0.25, 0.3) is 0 Å². The molecule has 0 aliphatic rings. The monoisotopic (exact) mass is 353 g/mol. The van der Waals surface area contributed by atoms with Gasteiger partial charge in [0.25, 0.3) is 5.89 Å². The fourth-order valence-corrected chi connectivity index (χ4v) is 2.31. The first kappa shape index (κ1) is 16.0. The summed E-state index contributed by atoms with van der Waals surface area (Å²) in [5.41, 5.74) is 7.12. The zero-order valence-corrected chi connectivity index (χ0v) is 13.9. The Morgan fingerprint density at radius 3 is 2.71 bits per heavy atom. The van der Waals surface area contributed by atoms with Crippen LogP contribution in [0.2, 0.25) is 0 Å². The van der Waals surface area contributed by atoms with E-state index in [0.717, 1.165) is 35.0 Å². The van der Waals surface area contributed by atoms with E-state index in [1.165, 1.54) is 0 Å². The second kappa shape index (κ2) is 7.56. The average Bonchev–Trinajstić information content (AvgIpc) is 2.94. The Balaban J connectivity index is 2.07. The molecule has 0 saturated heterocycles. The second-order valence-corrected chi connectivity index (χ2v) is 5.77. The molecule has 2 N–H and O–H groups in total. The lowest BCUT2D eigenvalue weighted by Crippen LogP contribution is -2.21. The highest BCUT2D eigenvalue weighted by Gasteiger charge is 2.11. The molecule has 1 unspecified atom stereocenters. The van der Waals surface area contributed by atoms with E-state index in [9.17, 15) is 0 Å². The van der Waals surface area contributed by atoms with Gasteiger partial charge < -0.3 is 14.9 Å². The lowest BCUT2D eigenvalue weighted by Gasteiger charge is -2.14. The van der Waals surface area contributed by atoms with Crippen molar-refractivity contribution in [3.05, 3.63) is 40.0 Å². The van der Waals surface area contributed by atoms with Crippen molar-refractivity contribution in [1.82, 2.24) is 10.2 Å². The van der Waals surface area contributed by atoms with E-state index in [1.54, 1.807) is 0 Å². The summed E-state index contributed by atoms with van der Waals surface area (Å²) in [6.45, 7) is 4.31. The van der Waals surface area contributed by atoms with Gasteiger partial charge in [0.05, 0.1) is 0 Å². The van der Waals surface area contributed by atoms with Gasteiger partial charge in [-0.2, -0.15) is 0 Å². The number of aromatic nitrogens is 2.